The third-order valence-electron chi connectivity index (χ3n) is 1.99. The summed E-state index contributed by atoms with van der Waals surface area (Å²) in [4.78, 5) is 44.6. The van der Waals surface area contributed by atoms with E-state index >= 15 is 0 Å². The standard InChI is InChI=1S/C8H14N3O6P.2Na/c12-6(3-9-5-18(15,16)17)4-11-2-1-7(13)10-8(11)14;;/h1-2,6,9,12H,3-5H2,(H,10,13,14)(H2,15,16,17);;/q;2*+1/p-2. The van der Waals surface area contributed by atoms with Crippen molar-refractivity contribution in [3.05, 3.63) is 33.1 Å². The van der Waals surface area contributed by atoms with Gasteiger partial charge in [-0.2, -0.15) is 0 Å². The molecule has 12 heteroatoms. The summed E-state index contributed by atoms with van der Waals surface area (Å²) in [5.74, 6) is 0. The van der Waals surface area contributed by atoms with E-state index in [9.17, 15) is 29.0 Å². The molecule has 0 spiro atoms. The number of H-pyrrole nitrogens is 1. The van der Waals surface area contributed by atoms with Crippen molar-refractivity contribution in [2.75, 3.05) is 12.8 Å². The Labute approximate surface area is 158 Å². The molecule has 0 aliphatic heterocycles. The van der Waals surface area contributed by atoms with Gasteiger partial charge in [0.1, 0.15) is 0 Å². The zero-order valence-electron chi connectivity index (χ0n) is 11.2. The second kappa shape index (κ2) is 10.5. The largest absolute Gasteiger partial charge is 1.00 e. The van der Waals surface area contributed by atoms with Crippen molar-refractivity contribution in [3.8, 4) is 0 Å². The number of aliphatic hydroxyl groups excluding tert-OH is 1. The van der Waals surface area contributed by atoms with E-state index in [0.717, 1.165) is 10.6 Å². The monoisotopic (exact) mass is 323 g/mol. The Morgan fingerprint density at radius 2 is 2.00 bits per heavy atom. The van der Waals surface area contributed by atoms with Crippen LogP contribution in [0.4, 0.5) is 0 Å². The van der Waals surface area contributed by atoms with Crippen molar-refractivity contribution in [1.29, 1.82) is 0 Å². The molecule has 1 aromatic rings. The van der Waals surface area contributed by atoms with E-state index in [0.29, 0.717) is 0 Å². The van der Waals surface area contributed by atoms with Gasteiger partial charge in [0.05, 0.1) is 12.6 Å². The Morgan fingerprint density at radius 3 is 2.50 bits per heavy atom. The molecule has 1 aromatic heterocycles. The van der Waals surface area contributed by atoms with Gasteiger partial charge < -0.3 is 24.8 Å². The van der Waals surface area contributed by atoms with Crippen LogP contribution in [-0.2, 0) is 11.1 Å². The van der Waals surface area contributed by atoms with Gasteiger partial charge in [-0.3, -0.25) is 14.3 Å². The molecule has 9 nitrogen and oxygen atoms in total. The summed E-state index contributed by atoms with van der Waals surface area (Å²) in [6.07, 6.45) is -0.638. The van der Waals surface area contributed by atoms with Gasteiger partial charge in [-0.1, -0.05) is 7.60 Å². The second-order valence-electron chi connectivity index (χ2n) is 3.64. The topological polar surface area (TPSA) is 150 Å². The maximum atomic E-state index is 11.2. The average Bonchev–Trinajstić information content (AvgIpc) is 2.20. The normalized spacial score (nSPS) is 12.2. The van der Waals surface area contributed by atoms with Crippen molar-refractivity contribution in [2.45, 2.75) is 12.6 Å². The first-order valence-corrected chi connectivity index (χ1v) is 6.70. The van der Waals surface area contributed by atoms with Crippen LogP contribution in [0.15, 0.2) is 21.9 Å². The van der Waals surface area contributed by atoms with Crippen LogP contribution in [0.3, 0.4) is 0 Å². The van der Waals surface area contributed by atoms with Crippen LogP contribution in [0.2, 0.25) is 0 Å². The van der Waals surface area contributed by atoms with Crippen molar-refractivity contribution in [3.63, 3.8) is 0 Å². The minimum absolute atomic E-state index is 0. The summed E-state index contributed by atoms with van der Waals surface area (Å²) in [6.45, 7) is -0.301. The van der Waals surface area contributed by atoms with Crippen LogP contribution in [0.1, 0.15) is 0 Å². The van der Waals surface area contributed by atoms with E-state index in [1.807, 2.05) is 4.98 Å². The molecule has 0 amide bonds. The van der Waals surface area contributed by atoms with Gasteiger partial charge in [0.15, 0.2) is 0 Å². The zero-order chi connectivity index (χ0) is 13.8. The molecule has 0 fully saturated rings. The molecule has 1 unspecified atom stereocenters. The van der Waals surface area contributed by atoms with E-state index < -0.39 is 31.2 Å². The minimum atomic E-state index is -4.66. The fraction of sp³-hybridized carbons (Fsp3) is 0.500. The van der Waals surface area contributed by atoms with Crippen molar-refractivity contribution >= 4 is 7.60 Å². The van der Waals surface area contributed by atoms with Crippen molar-refractivity contribution in [2.24, 2.45) is 0 Å². The maximum absolute atomic E-state index is 11.2. The third kappa shape index (κ3) is 9.64. The van der Waals surface area contributed by atoms with Gasteiger partial charge in [0.2, 0.25) is 0 Å². The molecule has 0 saturated heterocycles. The first-order chi connectivity index (χ1) is 8.28. The number of rotatable bonds is 6. The van der Waals surface area contributed by atoms with E-state index in [2.05, 4.69) is 5.32 Å². The molecule has 0 saturated carbocycles. The number of aliphatic hydroxyl groups is 1. The minimum Gasteiger partial charge on any atom is -0.810 e. The summed E-state index contributed by atoms with van der Waals surface area (Å²) in [7, 11) is -4.66. The quantitative estimate of drug-likeness (QED) is 0.347. The number of nitrogens with zero attached hydrogens (tertiary/aromatic N) is 1. The molecule has 1 heterocycles. The Kier molecular flexibility index (Phi) is 12.1. The van der Waals surface area contributed by atoms with E-state index in [1.54, 1.807) is 0 Å². The van der Waals surface area contributed by atoms with Crippen LogP contribution >= 0.6 is 7.60 Å². The van der Waals surface area contributed by atoms with Gasteiger partial charge >= 0.3 is 64.8 Å². The predicted molar refractivity (Wildman–Crippen MR) is 57.8 cm³/mol. The maximum Gasteiger partial charge on any atom is 1.00 e. The Balaban J connectivity index is 0. The molecule has 1 rings (SSSR count). The molecule has 0 aliphatic rings. The molecule has 0 bridgehead atoms. The van der Waals surface area contributed by atoms with Gasteiger partial charge in [-0.25, -0.2) is 4.79 Å². The smallest absolute Gasteiger partial charge is 0.810 e. The van der Waals surface area contributed by atoms with Crippen LogP contribution in [0, 0.1) is 0 Å². The van der Waals surface area contributed by atoms with Crippen LogP contribution < -0.4 is 85.5 Å². The molecular weight excluding hydrogens is 311 g/mol. The van der Waals surface area contributed by atoms with Crippen molar-refractivity contribution in [1.82, 2.24) is 14.9 Å². The number of hydrogen-bond acceptors (Lipinski definition) is 7. The molecule has 3 N–H and O–H groups in total. The van der Waals surface area contributed by atoms with Crippen molar-refractivity contribution < 1.29 is 78.6 Å². The fourth-order valence-electron chi connectivity index (χ4n) is 1.25. The Bertz CT molecular complexity index is 556. The molecular formula is C8H12N3Na2O6P. The first-order valence-electron chi connectivity index (χ1n) is 4.97. The molecule has 1 atom stereocenters. The fourth-order valence-corrected chi connectivity index (χ4v) is 1.65. The van der Waals surface area contributed by atoms with E-state index in [-0.39, 0.29) is 72.2 Å². The molecule has 0 radical (unpaired) electrons. The van der Waals surface area contributed by atoms with Crippen LogP contribution in [0.25, 0.3) is 0 Å². The Morgan fingerprint density at radius 1 is 1.40 bits per heavy atom. The Hall–Kier alpha value is 0.750. The SMILES string of the molecule is O=c1ccn(CC(O)CNCP(=O)([O-])[O-])c(=O)[nH]1.[Na+].[Na+]. The number of aromatic amines is 1. The van der Waals surface area contributed by atoms with Crippen LogP contribution in [0.5, 0.6) is 0 Å². The van der Waals surface area contributed by atoms with Gasteiger partial charge in [0.25, 0.3) is 5.56 Å². The summed E-state index contributed by atoms with van der Waals surface area (Å²) >= 11 is 0. The first kappa shape index (κ1) is 23.0. The predicted octanol–water partition coefficient (Wildman–Crippen LogP) is -9.63. The van der Waals surface area contributed by atoms with E-state index in [1.165, 1.54) is 6.20 Å². The number of hydrogen-bond donors (Lipinski definition) is 3. The number of aromatic nitrogens is 2. The van der Waals surface area contributed by atoms with Crippen LogP contribution in [-0.4, -0.2) is 33.6 Å². The van der Waals surface area contributed by atoms with E-state index in [4.69, 9.17) is 0 Å². The summed E-state index contributed by atoms with van der Waals surface area (Å²) < 4.78 is 11.4. The second-order valence-corrected chi connectivity index (χ2v) is 5.18. The van der Waals surface area contributed by atoms with Gasteiger partial charge in [-0.15, -0.1) is 0 Å². The summed E-state index contributed by atoms with van der Waals surface area (Å²) in [5.41, 5.74) is -1.23. The van der Waals surface area contributed by atoms with Gasteiger partial charge in [0, 0.05) is 25.1 Å². The number of nitrogens with one attached hydrogen (secondary N) is 2. The molecule has 0 aliphatic carbocycles. The molecule has 0 aromatic carbocycles. The summed E-state index contributed by atoms with van der Waals surface area (Å²) in [6, 6.07) is 1.12. The average molecular weight is 323 g/mol. The molecule has 20 heavy (non-hydrogen) atoms. The molecule has 102 valence electrons. The summed E-state index contributed by atoms with van der Waals surface area (Å²) in [5, 5.41) is 11.7. The zero-order valence-corrected chi connectivity index (χ0v) is 16.1. The third-order valence-corrected chi connectivity index (χ3v) is 2.60. The van der Waals surface area contributed by atoms with Gasteiger partial charge in [-0.05, 0) is 0 Å².